The summed E-state index contributed by atoms with van der Waals surface area (Å²) in [6.45, 7) is 2.31. The van der Waals surface area contributed by atoms with E-state index in [0.717, 1.165) is 31.7 Å². The summed E-state index contributed by atoms with van der Waals surface area (Å²) in [6, 6.07) is 8.07. The van der Waals surface area contributed by atoms with Gasteiger partial charge in [0.2, 0.25) is 0 Å². The number of nitro benzene ring substituents is 1. The zero-order valence-corrected chi connectivity index (χ0v) is 15.8. The Morgan fingerprint density at radius 2 is 2.08 bits per heavy atom. The van der Waals surface area contributed by atoms with E-state index in [0.29, 0.717) is 11.0 Å². The molecule has 1 aromatic carbocycles. The van der Waals surface area contributed by atoms with Crippen LogP contribution in [0, 0.1) is 10.1 Å². The first-order chi connectivity index (χ1) is 12.6. The van der Waals surface area contributed by atoms with Crippen molar-refractivity contribution in [2.24, 2.45) is 0 Å². The van der Waals surface area contributed by atoms with Crippen LogP contribution in [0.2, 0.25) is 0 Å². The number of hydrogen-bond acceptors (Lipinski definition) is 5. The number of nitrogens with zero attached hydrogens (tertiary/aromatic N) is 2. The van der Waals surface area contributed by atoms with E-state index >= 15 is 0 Å². The van der Waals surface area contributed by atoms with Crippen LogP contribution >= 0.6 is 15.9 Å². The Labute approximate surface area is 159 Å². The van der Waals surface area contributed by atoms with Crippen molar-refractivity contribution in [3.63, 3.8) is 0 Å². The van der Waals surface area contributed by atoms with Gasteiger partial charge in [-0.15, -0.1) is 0 Å². The fourth-order valence-electron chi connectivity index (χ4n) is 3.21. The van der Waals surface area contributed by atoms with Gasteiger partial charge in [0.1, 0.15) is 5.76 Å². The summed E-state index contributed by atoms with van der Waals surface area (Å²) in [7, 11) is 0. The normalized spacial score (nSPS) is 16.2. The molecular weight excluding hydrogens is 402 g/mol. The summed E-state index contributed by atoms with van der Waals surface area (Å²) >= 11 is 3.13. The predicted octanol–water partition coefficient (Wildman–Crippen LogP) is 3.91. The van der Waals surface area contributed by atoms with E-state index in [1.807, 2.05) is 12.1 Å². The second-order valence-corrected chi connectivity index (χ2v) is 7.12. The van der Waals surface area contributed by atoms with Gasteiger partial charge in [-0.1, -0.05) is 6.42 Å². The largest absolute Gasteiger partial charge is 0.468 e. The van der Waals surface area contributed by atoms with Gasteiger partial charge >= 0.3 is 0 Å². The molecular formula is C18H20BrN3O4. The summed E-state index contributed by atoms with van der Waals surface area (Å²) in [5.74, 6) is 0.475. The Morgan fingerprint density at radius 1 is 1.31 bits per heavy atom. The van der Waals surface area contributed by atoms with Crippen molar-refractivity contribution in [1.82, 2.24) is 10.2 Å². The van der Waals surface area contributed by atoms with E-state index in [9.17, 15) is 14.9 Å². The van der Waals surface area contributed by atoms with Crippen LogP contribution in [-0.4, -0.2) is 35.4 Å². The molecule has 1 aliphatic rings. The molecule has 1 atom stereocenters. The highest BCUT2D eigenvalue weighted by Gasteiger charge is 2.25. The number of piperidine rings is 1. The lowest BCUT2D eigenvalue weighted by molar-refractivity contribution is -0.385. The van der Waals surface area contributed by atoms with Crippen LogP contribution in [0.3, 0.4) is 0 Å². The first-order valence-electron chi connectivity index (χ1n) is 8.56. The molecule has 1 N–H and O–H groups in total. The highest BCUT2D eigenvalue weighted by Crippen LogP contribution is 2.27. The SMILES string of the molecule is O=C(NCC(c1ccco1)N1CCCCC1)c1ccc(Br)c([N+](=O)[O-])c1. The van der Waals surface area contributed by atoms with E-state index in [1.165, 1.54) is 18.6 Å². The van der Waals surface area contributed by atoms with Crippen molar-refractivity contribution in [2.75, 3.05) is 19.6 Å². The predicted molar refractivity (Wildman–Crippen MR) is 100 cm³/mol. The van der Waals surface area contributed by atoms with E-state index in [2.05, 4.69) is 26.1 Å². The maximum absolute atomic E-state index is 12.5. The van der Waals surface area contributed by atoms with E-state index in [4.69, 9.17) is 4.42 Å². The minimum absolute atomic E-state index is 0.0420. The summed E-state index contributed by atoms with van der Waals surface area (Å²) in [4.78, 5) is 25.3. The van der Waals surface area contributed by atoms with Crippen molar-refractivity contribution in [1.29, 1.82) is 0 Å². The fraction of sp³-hybridized carbons (Fsp3) is 0.389. The molecule has 1 saturated heterocycles. The van der Waals surface area contributed by atoms with E-state index in [-0.39, 0.29) is 23.2 Å². The van der Waals surface area contributed by atoms with Crippen LogP contribution in [0.4, 0.5) is 5.69 Å². The summed E-state index contributed by atoms with van der Waals surface area (Å²) < 4.78 is 5.91. The molecule has 1 amide bonds. The van der Waals surface area contributed by atoms with Crippen molar-refractivity contribution in [2.45, 2.75) is 25.3 Å². The molecule has 7 nitrogen and oxygen atoms in total. The Bertz CT molecular complexity index is 773. The maximum Gasteiger partial charge on any atom is 0.284 e. The molecule has 26 heavy (non-hydrogen) atoms. The molecule has 0 spiro atoms. The average molecular weight is 422 g/mol. The number of nitrogens with one attached hydrogen (secondary N) is 1. The minimum atomic E-state index is -0.514. The molecule has 1 aromatic heterocycles. The van der Waals surface area contributed by atoms with Gasteiger partial charge in [-0.05, 0) is 66.1 Å². The van der Waals surface area contributed by atoms with E-state index < -0.39 is 4.92 Å². The topological polar surface area (TPSA) is 88.6 Å². The molecule has 8 heteroatoms. The Balaban J connectivity index is 1.71. The minimum Gasteiger partial charge on any atom is -0.468 e. The number of benzene rings is 1. The van der Waals surface area contributed by atoms with E-state index in [1.54, 1.807) is 12.3 Å². The average Bonchev–Trinajstić information content (AvgIpc) is 3.17. The van der Waals surface area contributed by atoms with Crippen LogP contribution in [0.25, 0.3) is 0 Å². The van der Waals surface area contributed by atoms with Gasteiger partial charge in [-0.2, -0.15) is 0 Å². The van der Waals surface area contributed by atoms with Crippen LogP contribution in [-0.2, 0) is 0 Å². The number of nitro groups is 1. The number of amides is 1. The number of likely N-dealkylation sites (tertiary alicyclic amines) is 1. The second kappa shape index (κ2) is 8.46. The third-order valence-electron chi connectivity index (χ3n) is 4.56. The summed E-state index contributed by atoms with van der Waals surface area (Å²) in [5.41, 5.74) is 0.132. The van der Waals surface area contributed by atoms with Crippen molar-refractivity contribution in [3.05, 3.63) is 62.5 Å². The van der Waals surface area contributed by atoms with Gasteiger partial charge in [-0.25, -0.2) is 0 Å². The first-order valence-corrected chi connectivity index (χ1v) is 9.35. The lowest BCUT2D eigenvalue weighted by atomic mass is 10.1. The van der Waals surface area contributed by atoms with Gasteiger partial charge in [0.05, 0.1) is 21.7 Å². The molecule has 0 saturated carbocycles. The number of hydrogen-bond donors (Lipinski definition) is 1. The molecule has 0 radical (unpaired) electrons. The number of rotatable bonds is 6. The molecule has 3 rings (SSSR count). The molecule has 1 unspecified atom stereocenters. The van der Waals surface area contributed by atoms with Gasteiger partial charge in [-0.3, -0.25) is 19.8 Å². The van der Waals surface area contributed by atoms with Crippen LogP contribution < -0.4 is 5.32 Å². The molecule has 2 aromatic rings. The maximum atomic E-state index is 12.5. The smallest absolute Gasteiger partial charge is 0.284 e. The number of carbonyl (C=O) groups is 1. The van der Waals surface area contributed by atoms with Crippen LogP contribution in [0.5, 0.6) is 0 Å². The Morgan fingerprint density at radius 3 is 2.73 bits per heavy atom. The standard InChI is InChI=1S/C18H20BrN3O4/c19-14-7-6-13(11-15(14)22(24)25)18(23)20-12-16(17-5-4-10-26-17)21-8-2-1-3-9-21/h4-7,10-11,16H,1-3,8-9,12H2,(H,20,23). The molecule has 0 bridgehead atoms. The summed E-state index contributed by atoms with van der Waals surface area (Å²) in [5, 5.41) is 13.9. The van der Waals surface area contributed by atoms with Crippen molar-refractivity contribution in [3.8, 4) is 0 Å². The third-order valence-corrected chi connectivity index (χ3v) is 5.23. The number of halogens is 1. The molecule has 138 valence electrons. The second-order valence-electron chi connectivity index (χ2n) is 6.26. The lowest BCUT2D eigenvalue weighted by Gasteiger charge is -2.33. The highest BCUT2D eigenvalue weighted by atomic mass is 79.9. The van der Waals surface area contributed by atoms with Gasteiger partial charge in [0.25, 0.3) is 11.6 Å². The molecule has 2 heterocycles. The van der Waals surface area contributed by atoms with Gasteiger partial charge in [0, 0.05) is 18.2 Å². The van der Waals surface area contributed by atoms with Crippen molar-refractivity contribution < 1.29 is 14.1 Å². The number of furan rings is 1. The third kappa shape index (κ3) is 4.31. The zero-order valence-electron chi connectivity index (χ0n) is 14.2. The quantitative estimate of drug-likeness (QED) is 0.564. The Kier molecular flexibility index (Phi) is 6.05. The van der Waals surface area contributed by atoms with Crippen LogP contribution in [0.1, 0.15) is 41.4 Å². The number of carbonyl (C=O) groups excluding carboxylic acids is 1. The molecule has 1 aliphatic heterocycles. The summed E-state index contributed by atoms with van der Waals surface area (Å²) in [6.07, 6.45) is 5.11. The Hall–Kier alpha value is -2.19. The van der Waals surface area contributed by atoms with Gasteiger partial charge < -0.3 is 9.73 Å². The molecule has 0 aliphatic carbocycles. The monoisotopic (exact) mass is 421 g/mol. The molecule has 1 fully saturated rings. The van der Waals surface area contributed by atoms with Crippen molar-refractivity contribution >= 4 is 27.5 Å². The lowest BCUT2D eigenvalue weighted by Crippen LogP contribution is -2.40. The zero-order chi connectivity index (χ0) is 18.5. The highest BCUT2D eigenvalue weighted by molar-refractivity contribution is 9.10. The first kappa shape index (κ1) is 18.6. The van der Waals surface area contributed by atoms with Crippen LogP contribution in [0.15, 0.2) is 45.5 Å². The van der Waals surface area contributed by atoms with Gasteiger partial charge in [0.15, 0.2) is 0 Å². The fourth-order valence-corrected chi connectivity index (χ4v) is 3.60.